The molecule has 4 heteroatoms. The normalized spacial score (nSPS) is 11.1. The summed E-state index contributed by atoms with van der Waals surface area (Å²) in [5, 5.41) is 13.8. The summed E-state index contributed by atoms with van der Waals surface area (Å²) in [6, 6.07) is 14.4. The molecule has 0 radical (unpaired) electrons. The number of hydrogen-bond acceptors (Lipinski definition) is 4. The minimum absolute atomic E-state index is 0.573. The van der Waals surface area contributed by atoms with E-state index in [4.69, 9.17) is 4.42 Å². The van der Waals surface area contributed by atoms with E-state index < -0.39 is 0 Å². The van der Waals surface area contributed by atoms with Gasteiger partial charge in [0.1, 0.15) is 0 Å². The van der Waals surface area contributed by atoms with Crippen LogP contribution >= 0.6 is 0 Å². The van der Waals surface area contributed by atoms with E-state index >= 15 is 0 Å². The van der Waals surface area contributed by atoms with E-state index in [1.807, 2.05) is 18.2 Å². The predicted octanol–water partition coefficient (Wildman–Crippen LogP) is 3.39. The van der Waals surface area contributed by atoms with Gasteiger partial charge in [-0.05, 0) is 35.9 Å². The summed E-state index contributed by atoms with van der Waals surface area (Å²) < 4.78 is 5.68. The molecule has 0 aliphatic carbocycles. The third-order valence-electron chi connectivity index (χ3n) is 3.17. The summed E-state index contributed by atoms with van der Waals surface area (Å²) in [4.78, 5) is 0. The molecule has 0 aliphatic rings. The third kappa shape index (κ3) is 2.70. The lowest BCUT2D eigenvalue weighted by Gasteiger charge is -1.99. The van der Waals surface area contributed by atoms with Crippen molar-refractivity contribution in [2.75, 3.05) is 6.54 Å². The molecule has 0 spiro atoms. The first-order valence-electron chi connectivity index (χ1n) is 6.89. The van der Waals surface area contributed by atoms with E-state index in [1.165, 1.54) is 10.8 Å². The van der Waals surface area contributed by atoms with Crippen LogP contribution in [0.15, 0.2) is 46.9 Å². The highest BCUT2D eigenvalue weighted by Crippen LogP contribution is 2.23. The largest absolute Gasteiger partial charge is 0.419 e. The molecule has 0 aliphatic heterocycles. The van der Waals surface area contributed by atoms with Gasteiger partial charge in [0.05, 0.1) is 6.54 Å². The Bertz CT molecular complexity index is 706. The molecular formula is C16H17N3O. The van der Waals surface area contributed by atoms with E-state index in [2.05, 4.69) is 46.7 Å². The summed E-state index contributed by atoms with van der Waals surface area (Å²) in [7, 11) is 0. The first-order chi connectivity index (χ1) is 9.86. The second-order valence-electron chi connectivity index (χ2n) is 4.74. The van der Waals surface area contributed by atoms with Gasteiger partial charge in [-0.25, -0.2) is 0 Å². The van der Waals surface area contributed by atoms with E-state index in [1.54, 1.807) is 0 Å². The molecule has 1 aromatic heterocycles. The quantitative estimate of drug-likeness (QED) is 0.720. The van der Waals surface area contributed by atoms with Crippen molar-refractivity contribution in [2.45, 2.75) is 19.9 Å². The SMILES string of the molecule is CCCNCc1nnc(-c2ccc3ccccc3c2)o1. The maximum atomic E-state index is 5.68. The molecule has 0 saturated heterocycles. The van der Waals surface area contributed by atoms with Crippen LogP contribution in [0.1, 0.15) is 19.2 Å². The molecule has 0 fully saturated rings. The number of benzene rings is 2. The summed E-state index contributed by atoms with van der Waals surface area (Å²) >= 11 is 0. The van der Waals surface area contributed by atoms with Crippen LogP contribution in [0.4, 0.5) is 0 Å². The van der Waals surface area contributed by atoms with Crippen molar-refractivity contribution in [3.63, 3.8) is 0 Å². The van der Waals surface area contributed by atoms with Crippen LogP contribution in [0.25, 0.3) is 22.2 Å². The van der Waals surface area contributed by atoms with Gasteiger partial charge in [0.15, 0.2) is 0 Å². The van der Waals surface area contributed by atoms with Gasteiger partial charge in [0.2, 0.25) is 11.8 Å². The fourth-order valence-corrected chi connectivity index (χ4v) is 2.14. The number of rotatable bonds is 5. The highest BCUT2D eigenvalue weighted by atomic mass is 16.4. The number of hydrogen-bond donors (Lipinski definition) is 1. The Balaban J connectivity index is 1.83. The molecule has 1 heterocycles. The van der Waals surface area contributed by atoms with Gasteiger partial charge in [-0.3, -0.25) is 0 Å². The molecule has 3 aromatic rings. The van der Waals surface area contributed by atoms with Gasteiger partial charge in [0, 0.05) is 5.56 Å². The van der Waals surface area contributed by atoms with Crippen LogP contribution in [0.3, 0.4) is 0 Å². The molecule has 0 saturated carbocycles. The number of fused-ring (bicyclic) bond motifs is 1. The molecule has 0 unspecified atom stereocenters. The van der Waals surface area contributed by atoms with E-state index in [9.17, 15) is 0 Å². The van der Waals surface area contributed by atoms with Crippen LogP contribution in [0.5, 0.6) is 0 Å². The number of aromatic nitrogens is 2. The molecule has 0 bridgehead atoms. The Morgan fingerprint density at radius 3 is 2.75 bits per heavy atom. The lowest BCUT2D eigenvalue weighted by molar-refractivity contribution is 0.477. The second-order valence-corrected chi connectivity index (χ2v) is 4.74. The fraction of sp³-hybridized carbons (Fsp3) is 0.250. The first kappa shape index (κ1) is 12.8. The highest BCUT2D eigenvalue weighted by molar-refractivity contribution is 5.86. The minimum Gasteiger partial charge on any atom is -0.419 e. The first-order valence-corrected chi connectivity index (χ1v) is 6.89. The van der Waals surface area contributed by atoms with Crippen LogP contribution in [0, 0.1) is 0 Å². The van der Waals surface area contributed by atoms with Gasteiger partial charge in [0.25, 0.3) is 0 Å². The monoisotopic (exact) mass is 267 g/mol. The maximum Gasteiger partial charge on any atom is 0.247 e. The zero-order valence-electron chi connectivity index (χ0n) is 11.5. The minimum atomic E-state index is 0.573. The smallest absolute Gasteiger partial charge is 0.247 e. The zero-order valence-corrected chi connectivity index (χ0v) is 11.5. The Labute approximate surface area is 117 Å². The van der Waals surface area contributed by atoms with Gasteiger partial charge < -0.3 is 9.73 Å². The van der Waals surface area contributed by atoms with Crippen molar-refractivity contribution in [2.24, 2.45) is 0 Å². The molecule has 0 amide bonds. The van der Waals surface area contributed by atoms with E-state index in [0.717, 1.165) is 18.5 Å². The lowest BCUT2D eigenvalue weighted by atomic mass is 10.1. The number of nitrogens with one attached hydrogen (secondary N) is 1. The Hall–Kier alpha value is -2.20. The van der Waals surface area contributed by atoms with Crippen molar-refractivity contribution in [3.05, 3.63) is 48.4 Å². The Kier molecular flexibility index (Phi) is 3.74. The van der Waals surface area contributed by atoms with Gasteiger partial charge >= 0.3 is 0 Å². The zero-order chi connectivity index (χ0) is 13.8. The van der Waals surface area contributed by atoms with Gasteiger partial charge in [-0.15, -0.1) is 10.2 Å². The summed E-state index contributed by atoms with van der Waals surface area (Å²) in [6.45, 7) is 3.70. The van der Waals surface area contributed by atoms with Crippen LogP contribution in [-0.4, -0.2) is 16.7 Å². The molecular weight excluding hydrogens is 250 g/mol. The lowest BCUT2D eigenvalue weighted by Crippen LogP contribution is -2.13. The molecule has 2 aromatic carbocycles. The van der Waals surface area contributed by atoms with Crippen LogP contribution < -0.4 is 5.32 Å². The molecule has 0 atom stereocenters. The molecule has 20 heavy (non-hydrogen) atoms. The van der Waals surface area contributed by atoms with Crippen molar-refractivity contribution in [1.29, 1.82) is 0 Å². The standard InChI is InChI=1S/C16H17N3O/c1-2-9-17-11-15-18-19-16(20-15)14-8-7-12-5-3-4-6-13(12)10-14/h3-8,10,17H,2,9,11H2,1H3. The van der Waals surface area contributed by atoms with E-state index in [0.29, 0.717) is 18.3 Å². The van der Waals surface area contributed by atoms with Gasteiger partial charge in [-0.2, -0.15) is 0 Å². The average Bonchev–Trinajstić information content (AvgIpc) is 2.96. The van der Waals surface area contributed by atoms with Crippen molar-refractivity contribution in [1.82, 2.24) is 15.5 Å². The Morgan fingerprint density at radius 1 is 1.05 bits per heavy atom. The van der Waals surface area contributed by atoms with Crippen LogP contribution in [0.2, 0.25) is 0 Å². The highest BCUT2D eigenvalue weighted by Gasteiger charge is 2.08. The maximum absolute atomic E-state index is 5.68. The molecule has 102 valence electrons. The summed E-state index contributed by atoms with van der Waals surface area (Å²) in [5.74, 6) is 1.20. The summed E-state index contributed by atoms with van der Waals surface area (Å²) in [6.07, 6.45) is 1.09. The Morgan fingerprint density at radius 2 is 1.90 bits per heavy atom. The van der Waals surface area contributed by atoms with Gasteiger partial charge in [-0.1, -0.05) is 37.3 Å². The van der Waals surface area contributed by atoms with E-state index in [-0.39, 0.29) is 0 Å². The molecule has 3 rings (SSSR count). The van der Waals surface area contributed by atoms with Crippen molar-refractivity contribution in [3.8, 4) is 11.5 Å². The van der Waals surface area contributed by atoms with Crippen molar-refractivity contribution < 1.29 is 4.42 Å². The topological polar surface area (TPSA) is 51.0 Å². The number of nitrogens with zero attached hydrogens (tertiary/aromatic N) is 2. The second kappa shape index (κ2) is 5.84. The van der Waals surface area contributed by atoms with Crippen LogP contribution in [-0.2, 0) is 6.54 Å². The molecule has 4 nitrogen and oxygen atoms in total. The third-order valence-corrected chi connectivity index (χ3v) is 3.17. The molecule has 1 N–H and O–H groups in total. The summed E-state index contributed by atoms with van der Waals surface area (Å²) in [5.41, 5.74) is 0.956. The van der Waals surface area contributed by atoms with Crippen molar-refractivity contribution >= 4 is 10.8 Å². The average molecular weight is 267 g/mol. The fourth-order valence-electron chi connectivity index (χ4n) is 2.14. The predicted molar refractivity (Wildman–Crippen MR) is 79.2 cm³/mol.